The van der Waals surface area contributed by atoms with E-state index >= 15 is 0 Å². The fraction of sp³-hybridized carbons (Fsp3) is 0.455. The summed E-state index contributed by atoms with van der Waals surface area (Å²) in [5.41, 5.74) is 0. The first-order chi connectivity index (χ1) is 9.51. The van der Waals surface area contributed by atoms with E-state index in [0.717, 1.165) is 6.08 Å². The summed E-state index contributed by atoms with van der Waals surface area (Å²) in [6.45, 7) is 3.07. The van der Waals surface area contributed by atoms with Crippen molar-refractivity contribution < 1.29 is 33.6 Å². The van der Waals surface area contributed by atoms with Crippen LogP contribution in [0.5, 0.6) is 0 Å². The normalized spacial score (nSPS) is 25.3. The van der Waals surface area contributed by atoms with E-state index in [-0.39, 0.29) is 19.4 Å². The van der Waals surface area contributed by atoms with Crippen LogP contribution in [0.1, 0.15) is 12.8 Å². The van der Waals surface area contributed by atoms with Crippen LogP contribution in [0.2, 0.25) is 0 Å². The van der Waals surface area contributed by atoms with Crippen molar-refractivity contribution in [2.24, 2.45) is 0 Å². The van der Waals surface area contributed by atoms with Crippen LogP contribution >= 0.6 is 0 Å². The van der Waals surface area contributed by atoms with Crippen LogP contribution in [0.4, 0.5) is 0 Å². The van der Waals surface area contributed by atoms with Gasteiger partial charge in [0.05, 0.1) is 0 Å². The van der Waals surface area contributed by atoms with Crippen molar-refractivity contribution in [1.29, 1.82) is 0 Å². The minimum atomic E-state index is -1.04. The van der Waals surface area contributed by atoms with Crippen molar-refractivity contribution >= 4 is 23.8 Å². The fourth-order valence-electron chi connectivity index (χ4n) is 1.64. The van der Waals surface area contributed by atoms with Crippen molar-refractivity contribution in [3.8, 4) is 0 Å². The van der Waals surface area contributed by atoms with Gasteiger partial charge in [0.2, 0.25) is 12.0 Å². The molecule has 2 heterocycles. The van der Waals surface area contributed by atoms with Gasteiger partial charge >= 0.3 is 17.8 Å². The molecule has 0 saturated carbocycles. The standard InChI is InChI=1S/C11H12N2O7/c1-2-8(14)12-6-5-18-13(10(6)16)20-11(17)7-3-4-9(15)19-7/h2,6-7H,1,3-5H2,(H,12,14)/t6-,7?/m0/s1. The SMILES string of the molecule is C=CC(=O)N[C@H]1CON(OC(=O)C2CCC(=O)O2)C1=O. The van der Waals surface area contributed by atoms with Gasteiger partial charge in [0.25, 0.3) is 0 Å². The second kappa shape index (κ2) is 5.70. The molecule has 1 unspecified atom stereocenters. The molecule has 0 bridgehead atoms. The lowest BCUT2D eigenvalue weighted by molar-refractivity contribution is -0.306. The second-order valence-electron chi connectivity index (χ2n) is 4.08. The molecular weight excluding hydrogens is 272 g/mol. The van der Waals surface area contributed by atoms with Crippen LogP contribution in [0, 0.1) is 0 Å². The van der Waals surface area contributed by atoms with Gasteiger partial charge in [-0.2, -0.15) is 0 Å². The molecule has 108 valence electrons. The van der Waals surface area contributed by atoms with E-state index in [1.54, 1.807) is 0 Å². The molecule has 2 amide bonds. The van der Waals surface area contributed by atoms with Crippen molar-refractivity contribution in [2.75, 3.05) is 6.61 Å². The molecule has 20 heavy (non-hydrogen) atoms. The Balaban J connectivity index is 1.86. The van der Waals surface area contributed by atoms with Crippen molar-refractivity contribution in [2.45, 2.75) is 25.0 Å². The van der Waals surface area contributed by atoms with Crippen molar-refractivity contribution in [3.05, 3.63) is 12.7 Å². The maximum atomic E-state index is 11.7. The maximum Gasteiger partial charge on any atom is 0.375 e. The number of nitrogens with zero attached hydrogens (tertiary/aromatic N) is 1. The minimum Gasteiger partial charge on any atom is -0.450 e. The Hall–Kier alpha value is -2.42. The summed E-state index contributed by atoms with van der Waals surface area (Å²) in [7, 11) is 0. The predicted molar refractivity (Wildman–Crippen MR) is 60.1 cm³/mol. The van der Waals surface area contributed by atoms with Crippen LogP contribution in [0.15, 0.2) is 12.7 Å². The lowest BCUT2D eigenvalue weighted by Gasteiger charge is -2.15. The van der Waals surface area contributed by atoms with E-state index in [4.69, 9.17) is 4.84 Å². The number of amides is 2. The van der Waals surface area contributed by atoms with Gasteiger partial charge in [0, 0.05) is 12.8 Å². The summed E-state index contributed by atoms with van der Waals surface area (Å²) in [5.74, 6) is -2.70. The monoisotopic (exact) mass is 284 g/mol. The highest BCUT2D eigenvalue weighted by Gasteiger charge is 2.40. The quantitative estimate of drug-likeness (QED) is 0.499. The van der Waals surface area contributed by atoms with Gasteiger partial charge in [0.15, 0.2) is 0 Å². The average molecular weight is 284 g/mol. The maximum absolute atomic E-state index is 11.7. The molecule has 2 fully saturated rings. The van der Waals surface area contributed by atoms with Gasteiger partial charge in [-0.05, 0) is 11.3 Å². The molecule has 0 radical (unpaired) electrons. The first kappa shape index (κ1) is 14.0. The van der Waals surface area contributed by atoms with Crippen molar-refractivity contribution in [1.82, 2.24) is 10.5 Å². The van der Waals surface area contributed by atoms with Crippen LogP contribution < -0.4 is 5.32 Å². The number of esters is 1. The molecule has 0 aromatic rings. The topological polar surface area (TPSA) is 111 Å². The van der Waals surface area contributed by atoms with Crippen LogP contribution in [-0.4, -0.2) is 47.7 Å². The molecule has 2 atom stereocenters. The Morgan fingerprint density at radius 3 is 2.80 bits per heavy atom. The first-order valence-electron chi connectivity index (χ1n) is 5.82. The molecule has 2 saturated heterocycles. The number of rotatable bonds is 4. The third-order valence-electron chi connectivity index (χ3n) is 2.66. The minimum absolute atomic E-state index is 0.118. The molecule has 2 rings (SSSR count). The molecular formula is C11H12N2O7. The first-order valence-corrected chi connectivity index (χ1v) is 5.82. The smallest absolute Gasteiger partial charge is 0.375 e. The number of carbonyl (C=O) groups is 4. The van der Waals surface area contributed by atoms with Gasteiger partial charge in [-0.25, -0.2) is 9.63 Å². The van der Waals surface area contributed by atoms with Gasteiger partial charge in [-0.15, -0.1) is 0 Å². The average Bonchev–Trinajstić information content (AvgIpc) is 2.99. The highest BCUT2D eigenvalue weighted by molar-refractivity contribution is 5.93. The zero-order valence-corrected chi connectivity index (χ0v) is 10.4. The Bertz CT molecular complexity index is 475. The van der Waals surface area contributed by atoms with Gasteiger partial charge in [0.1, 0.15) is 12.6 Å². The van der Waals surface area contributed by atoms with Gasteiger partial charge in [-0.3, -0.25) is 14.4 Å². The Labute approximate surface area is 113 Å². The highest BCUT2D eigenvalue weighted by Crippen LogP contribution is 2.17. The molecule has 9 nitrogen and oxygen atoms in total. The molecule has 0 aliphatic carbocycles. The summed E-state index contributed by atoms with van der Waals surface area (Å²) >= 11 is 0. The summed E-state index contributed by atoms with van der Waals surface area (Å²) in [5, 5.41) is 2.69. The number of nitrogens with one attached hydrogen (secondary N) is 1. The number of carbonyl (C=O) groups excluding carboxylic acids is 4. The van der Waals surface area contributed by atoms with Crippen LogP contribution in [-0.2, 0) is 33.6 Å². The van der Waals surface area contributed by atoms with E-state index in [2.05, 4.69) is 21.5 Å². The Morgan fingerprint density at radius 2 is 2.20 bits per heavy atom. The van der Waals surface area contributed by atoms with E-state index in [1.807, 2.05) is 0 Å². The summed E-state index contributed by atoms with van der Waals surface area (Å²) in [6.07, 6.45) is 0.267. The lowest BCUT2D eigenvalue weighted by atomic mass is 10.2. The van der Waals surface area contributed by atoms with Crippen LogP contribution in [0.25, 0.3) is 0 Å². The summed E-state index contributed by atoms with van der Waals surface area (Å²) in [4.78, 5) is 54.8. The third kappa shape index (κ3) is 2.94. The Kier molecular flexibility index (Phi) is 3.99. The molecule has 0 aromatic carbocycles. The molecule has 2 aliphatic heterocycles. The number of ether oxygens (including phenoxy) is 1. The fourth-order valence-corrected chi connectivity index (χ4v) is 1.64. The van der Waals surface area contributed by atoms with E-state index in [9.17, 15) is 19.2 Å². The van der Waals surface area contributed by atoms with Gasteiger partial charge < -0.3 is 14.9 Å². The molecule has 2 aliphatic rings. The summed E-state index contributed by atoms with van der Waals surface area (Å²) < 4.78 is 4.69. The largest absolute Gasteiger partial charge is 0.450 e. The third-order valence-corrected chi connectivity index (χ3v) is 2.66. The molecule has 9 heteroatoms. The molecule has 1 N–H and O–H groups in total. The zero-order chi connectivity index (χ0) is 14.7. The van der Waals surface area contributed by atoms with E-state index < -0.39 is 35.9 Å². The van der Waals surface area contributed by atoms with E-state index in [1.165, 1.54) is 0 Å². The number of hydrogen-bond acceptors (Lipinski definition) is 7. The highest BCUT2D eigenvalue weighted by atomic mass is 17.0. The van der Waals surface area contributed by atoms with Crippen molar-refractivity contribution in [3.63, 3.8) is 0 Å². The van der Waals surface area contributed by atoms with E-state index in [0.29, 0.717) is 5.23 Å². The van der Waals surface area contributed by atoms with Crippen LogP contribution in [0.3, 0.4) is 0 Å². The number of hydrogen-bond donors (Lipinski definition) is 1. The second-order valence-corrected chi connectivity index (χ2v) is 4.08. The molecule has 0 aromatic heterocycles. The lowest BCUT2D eigenvalue weighted by Crippen LogP contribution is -2.43. The Morgan fingerprint density at radius 1 is 1.45 bits per heavy atom. The van der Waals surface area contributed by atoms with Gasteiger partial charge in [-0.1, -0.05) is 6.58 Å². The molecule has 0 spiro atoms. The summed E-state index contributed by atoms with van der Waals surface area (Å²) in [6, 6.07) is -0.959. The number of hydroxylamine groups is 2. The number of cyclic esters (lactones) is 1. The zero-order valence-electron chi connectivity index (χ0n) is 10.4. The predicted octanol–water partition coefficient (Wildman–Crippen LogP) is -1.41.